The van der Waals surface area contributed by atoms with Crippen molar-refractivity contribution in [3.63, 3.8) is 0 Å². The Labute approximate surface area is 146 Å². The zero-order valence-corrected chi connectivity index (χ0v) is 15.2. The van der Waals surface area contributed by atoms with E-state index in [1.54, 1.807) is 19.1 Å². The number of aromatic nitrogens is 3. The van der Waals surface area contributed by atoms with Crippen molar-refractivity contribution in [3.8, 4) is 0 Å². The molecule has 0 aliphatic carbocycles. The Bertz CT molecular complexity index is 1080. The summed E-state index contributed by atoms with van der Waals surface area (Å²) in [6.07, 6.45) is 2.30. The fraction of sp³-hybridized carbons (Fsp3) is 0.294. The van der Waals surface area contributed by atoms with Gasteiger partial charge in [0.05, 0.1) is 0 Å². The van der Waals surface area contributed by atoms with Gasteiger partial charge in [0, 0.05) is 18.4 Å². The SMILES string of the molecule is CCc1ccc(NS(=O)(=O)c2cc3c(=O)n(CC)nc(C)n3c2)cc1. The summed E-state index contributed by atoms with van der Waals surface area (Å²) in [7, 11) is -3.79. The number of hydrogen-bond acceptors (Lipinski definition) is 4. The molecule has 0 aliphatic rings. The molecule has 0 bridgehead atoms. The van der Waals surface area contributed by atoms with E-state index in [1.807, 2.05) is 26.0 Å². The maximum atomic E-state index is 12.6. The number of hydrogen-bond donors (Lipinski definition) is 1. The molecule has 0 unspecified atom stereocenters. The molecule has 0 fully saturated rings. The van der Waals surface area contributed by atoms with Crippen LogP contribution in [0.2, 0.25) is 0 Å². The summed E-state index contributed by atoms with van der Waals surface area (Å²) in [6, 6.07) is 8.59. The topological polar surface area (TPSA) is 85.5 Å². The first-order valence-corrected chi connectivity index (χ1v) is 9.55. The van der Waals surface area contributed by atoms with Crippen LogP contribution in [0.25, 0.3) is 5.52 Å². The van der Waals surface area contributed by atoms with E-state index in [0.29, 0.717) is 18.1 Å². The van der Waals surface area contributed by atoms with E-state index in [9.17, 15) is 13.2 Å². The molecule has 1 N–H and O–H groups in total. The molecule has 0 saturated carbocycles. The smallest absolute Gasteiger partial charge is 0.291 e. The second-order valence-corrected chi connectivity index (χ2v) is 7.44. The van der Waals surface area contributed by atoms with Gasteiger partial charge in [-0.15, -0.1) is 0 Å². The predicted molar refractivity (Wildman–Crippen MR) is 96.5 cm³/mol. The minimum Gasteiger partial charge on any atom is -0.298 e. The van der Waals surface area contributed by atoms with Crippen LogP contribution in [-0.4, -0.2) is 22.6 Å². The van der Waals surface area contributed by atoms with Gasteiger partial charge in [-0.05, 0) is 44.0 Å². The van der Waals surface area contributed by atoms with Gasteiger partial charge in [0.15, 0.2) is 0 Å². The second kappa shape index (κ2) is 6.36. The molecule has 2 aromatic heterocycles. The highest BCUT2D eigenvalue weighted by atomic mass is 32.2. The molecule has 0 amide bonds. The standard InChI is InChI=1S/C17H20N4O3S/c1-4-13-6-8-14(9-7-13)19-25(23,24)15-10-16-17(22)21(5-2)18-12(3)20(16)11-15/h6-11,19H,4-5H2,1-3H3. The lowest BCUT2D eigenvalue weighted by Crippen LogP contribution is -2.25. The summed E-state index contributed by atoms with van der Waals surface area (Å²) >= 11 is 0. The Balaban J connectivity index is 2.03. The van der Waals surface area contributed by atoms with Crippen molar-refractivity contribution in [1.29, 1.82) is 0 Å². The third-order valence-corrected chi connectivity index (χ3v) is 5.44. The third-order valence-electron chi connectivity index (χ3n) is 4.09. The first kappa shape index (κ1) is 17.2. The van der Waals surface area contributed by atoms with Crippen LogP contribution in [0.4, 0.5) is 5.69 Å². The van der Waals surface area contributed by atoms with E-state index in [4.69, 9.17) is 0 Å². The number of rotatable bonds is 5. The molecule has 8 heteroatoms. The first-order valence-electron chi connectivity index (χ1n) is 8.07. The minimum absolute atomic E-state index is 0.0305. The Morgan fingerprint density at radius 1 is 1.16 bits per heavy atom. The van der Waals surface area contributed by atoms with Crippen LogP contribution in [0.1, 0.15) is 25.2 Å². The Kier molecular flexibility index (Phi) is 4.38. The van der Waals surface area contributed by atoms with Gasteiger partial charge < -0.3 is 0 Å². The van der Waals surface area contributed by atoms with Gasteiger partial charge >= 0.3 is 0 Å². The van der Waals surface area contributed by atoms with Crippen molar-refractivity contribution in [2.45, 2.75) is 38.6 Å². The molecule has 1 aromatic carbocycles. The van der Waals surface area contributed by atoms with Gasteiger partial charge in [0.25, 0.3) is 15.6 Å². The van der Waals surface area contributed by atoms with Crippen LogP contribution in [0.15, 0.2) is 46.2 Å². The van der Waals surface area contributed by atoms with Gasteiger partial charge in [-0.25, -0.2) is 13.1 Å². The molecule has 0 atom stereocenters. The molecule has 7 nitrogen and oxygen atoms in total. The molecule has 25 heavy (non-hydrogen) atoms. The second-order valence-electron chi connectivity index (χ2n) is 5.76. The van der Waals surface area contributed by atoms with E-state index < -0.39 is 10.0 Å². The maximum Gasteiger partial charge on any atom is 0.291 e. The summed E-state index contributed by atoms with van der Waals surface area (Å²) in [6.45, 7) is 6.00. The van der Waals surface area contributed by atoms with Crippen molar-refractivity contribution < 1.29 is 8.42 Å². The highest BCUT2D eigenvalue weighted by Crippen LogP contribution is 2.19. The molecular formula is C17H20N4O3S. The Hall–Kier alpha value is -2.61. The van der Waals surface area contributed by atoms with Crippen molar-refractivity contribution in [3.05, 3.63) is 58.3 Å². The van der Waals surface area contributed by atoms with E-state index in [1.165, 1.54) is 21.3 Å². The van der Waals surface area contributed by atoms with Gasteiger partial charge in [-0.2, -0.15) is 5.10 Å². The molecule has 0 saturated heterocycles. The molecule has 2 heterocycles. The average Bonchev–Trinajstić information content (AvgIpc) is 3.06. The quantitative estimate of drug-likeness (QED) is 0.756. The first-order chi connectivity index (χ1) is 11.9. The van der Waals surface area contributed by atoms with Crippen molar-refractivity contribution >= 4 is 21.2 Å². The van der Waals surface area contributed by atoms with Gasteiger partial charge in [-0.3, -0.25) is 13.9 Å². The van der Waals surface area contributed by atoms with Gasteiger partial charge in [0.2, 0.25) is 0 Å². The molecule has 3 aromatic rings. The zero-order chi connectivity index (χ0) is 18.2. The number of benzene rings is 1. The summed E-state index contributed by atoms with van der Waals surface area (Å²) in [5, 5.41) is 4.17. The Morgan fingerprint density at radius 3 is 2.44 bits per heavy atom. The lowest BCUT2D eigenvalue weighted by Gasteiger charge is -2.07. The lowest BCUT2D eigenvalue weighted by atomic mass is 10.2. The van der Waals surface area contributed by atoms with E-state index >= 15 is 0 Å². The fourth-order valence-corrected chi connectivity index (χ4v) is 3.73. The summed E-state index contributed by atoms with van der Waals surface area (Å²) in [5.74, 6) is 0.546. The largest absolute Gasteiger partial charge is 0.298 e. The number of nitrogens with one attached hydrogen (secondary N) is 1. The number of fused-ring (bicyclic) bond motifs is 1. The zero-order valence-electron chi connectivity index (χ0n) is 14.4. The van der Waals surface area contributed by atoms with E-state index in [2.05, 4.69) is 9.82 Å². The monoisotopic (exact) mass is 360 g/mol. The van der Waals surface area contributed by atoms with Crippen LogP contribution in [-0.2, 0) is 23.0 Å². The number of anilines is 1. The van der Waals surface area contributed by atoms with Gasteiger partial charge in [-0.1, -0.05) is 19.1 Å². The molecule has 0 radical (unpaired) electrons. The fourth-order valence-electron chi connectivity index (χ4n) is 2.66. The number of sulfonamides is 1. The highest BCUT2D eigenvalue weighted by Gasteiger charge is 2.19. The molecular weight excluding hydrogens is 340 g/mol. The predicted octanol–water partition coefficient (Wildman–Crippen LogP) is 2.19. The molecule has 0 aliphatic heterocycles. The van der Waals surface area contributed by atoms with Crippen LogP contribution < -0.4 is 10.3 Å². The molecule has 3 rings (SSSR count). The van der Waals surface area contributed by atoms with Crippen LogP contribution in [0.3, 0.4) is 0 Å². The molecule has 132 valence electrons. The summed E-state index contributed by atoms with van der Waals surface area (Å²) in [4.78, 5) is 12.4. The average molecular weight is 360 g/mol. The van der Waals surface area contributed by atoms with E-state index in [0.717, 1.165) is 12.0 Å². The summed E-state index contributed by atoms with van der Waals surface area (Å²) < 4.78 is 30.7. The van der Waals surface area contributed by atoms with Crippen LogP contribution in [0, 0.1) is 6.92 Å². The third kappa shape index (κ3) is 3.17. The highest BCUT2D eigenvalue weighted by molar-refractivity contribution is 7.92. The molecule has 0 spiro atoms. The van der Waals surface area contributed by atoms with Crippen molar-refractivity contribution in [2.24, 2.45) is 0 Å². The Morgan fingerprint density at radius 2 is 1.84 bits per heavy atom. The maximum absolute atomic E-state index is 12.6. The number of nitrogens with zero attached hydrogens (tertiary/aromatic N) is 3. The van der Waals surface area contributed by atoms with Crippen molar-refractivity contribution in [2.75, 3.05) is 4.72 Å². The van der Waals surface area contributed by atoms with Gasteiger partial charge in [0.1, 0.15) is 16.2 Å². The van der Waals surface area contributed by atoms with Crippen LogP contribution >= 0.6 is 0 Å². The number of aryl methyl sites for hydroxylation is 3. The van der Waals surface area contributed by atoms with Crippen LogP contribution in [0.5, 0.6) is 0 Å². The van der Waals surface area contributed by atoms with Crippen molar-refractivity contribution in [1.82, 2.24) is 14.2 Å². The normalized spacial score (nSPS) is 11.8. The lowest BCUT2D eigenvalue weighted by molar-refractivity contribution is 0.592. The summed E-state index contributed by atoms with van der Waals surface area (Å²) in [5.41, 5.74) is 1.57. The van der Waals surface area contributed by atoms with E-state index in [-0.39, 0.29) is 16.0 Å². The minimum atomic E-state index is -3.79.